The molecule has 1 heterocycles. The minimum atomic E-state index is 0.361. The number of carbonyl (C=O) groups excluding carboxylic acids is 1. The maximum atomic E-state index is 10.5. The lowest BCUT2D eigenvalue weighted by atomic mass is 10.2. The highest BCUT2D eigenvalue weighted by atomic mass is 16.4. The van der Waals surface area contributed by atoms with Gasteiger partial charge in [0.1, 0.15) is 0 Å². The summed E-state index contributed by atoms with van der Waals surface area (Å²) < 4.78 is 5.10. The molecule has 0 saturated heterocycles. The van der Waals surface area contributed by atoms with Gasteiger partial charge in [0.2, 0.25) is 0 Å². The van der Waals surface area contributed by atoms with E-state index in [0.29, 0.717) is 17.9 Å². The molecule has 0 unspecified atom stereocenters. The Kier molecular flexibility index (Phi) is 3.19. The first kappa shape index (κ1) is 9.92. The molecule has 0 N–H and O–H groups in total. The molecule has 1 aromatic heterocycles. The standard InChI is InChI=1S/C9H14N2O2/c1-7-10-8(4-5-11(2)3)9(6-12)13-7/h6H,4-5H2,1-3H3. The van der Waals surface area contributed by atoms with Crippen LogP contribution < -0.4 is 0 Å². The van der Waals surface area contributed by atoms with Crippen molar-refractivity contribution in [2.24, 2.45) is 0 Å². The van der Waals surface area contributed by atoms with Gasteiger partial charge in [-0.2, -0.15) is 0 Å². The lowest BCUT2D eigenvalue weighted by Gasteiger charge is -2.06. The van der Waals surface area contributed by atoms with Crippen LogP contribution in [-0.2, 0) is 6.42 Å². The second kappa shape index (κ2) is 4.18. The quantitative estimate of drug-likeness (QED) is 0.649. The van der Waals surface area contributed by atoms with Crippen LogP contribution in [-0.4, -0.2) is 36.8 Å². The molecule has 0 aliphatic carbocycles. The van der Waals surface area contributed by atoms with E-state index < -0.39 is 0 Å². The SMILES string of the molecule is Cc1nc(CCN(C)C)c(C=O)o1. The Labute approximate surface area is 77.6 Å². The highest BCUT2D eigenvalue weighted by molar-refractivity contribution is 5.72. The fourth-order valence-corrected chi connectivity index (χ4v) is 1.09. The minimum absolute atomic E-state index is 0.361. The van der Waals surface area contributed by atoms with Gasteiger partial charge in [-0.05, 0) is 14.1 Å². The van der Waals surface area contributed by atoms with Crippen molar-refractivity contribution < 1.29 is 9.21 Å². The van der Waals surface area contributed by atoms with Crippen molar-refractivity contribution in [1.29, 1.82) is 0 Å². The van der Waals surface area contributed by atoms with E-state index in [2.05, 4.69) is 4.98 Å². The van der Waals surface area contributed by atoms with Crippen LogP contribution in [0.4, 0.5) is 0 Å². The van der Waals surface area contributed by atoms with E-state index >= 15 is 0 Å². The lowest BCUT2D eigenvalue weighted by Crippen LogP contribution is -2.15. The minimum Gasteiger partial charge on any atom is -0.438 e. The highest BCUT2D eigenvalue weighted by Crippen LogP contribution is 2.08. The van der Waals surface area contributed by atoms with Crippen molar-refractivity contribution in [2.45, 2.75) is 13.3 Å². The zero-order valence-corrected chi connectivity index (χ0v) is 8.20. The molecule has 0 saturated carbocycles. The van der Waals surface area contributed by atoms with Crippen LogP contribution in [0, 0.1) is 6.92 Å². The molecular weight excluding hydrogens is 168 g/mol. The number of nitrogens with zero attached hydrogens (tertiary/aromatic N) is 2. The third-order valence-electron chi connectivity index (χ3n) is 1.74. The first-order chi connectivity index (χ1) is 6.13. The van der Waals surface area contributed by atoms with Gasteiger partial charge < -0.3 is 9.32 Å². The number of aryl methyl sites for hydroxylation is 1. The summed E-state index contributed by atoms with van der Waals surface area (Å²) in [7, 11) is 3.96. The number of aldehydes is 1. The van der Waals surface area contributed by atoms with Gasteiger partial charge >= 0.3 is 0 Å². The van der Waals surface area contributed by atoms with Gasteiger partial charge in [0.05, 0.1) is 5.69 Å². The van der Waals surface area contributed by atoms with Crippen LogP contribution in [0.2, 0.25) is 0 Å². The maximum absolute atomic E-state index is 10.5. The molecule has 1 aromatic rings. The molecule has 0 spiro atoms. The number of oxazole rings is 1. The first-order valence-electron chi connectivity index (χ1n) is 4.19. The monoisotopic (exact) mass is 182 g/mol. The average molecular weight is 182 g/mol. The van der Waals surface area contributed by atoms with Crippen molar-refractivity contribution >= 4 is 6.29 Å². The molecule has 0 fully saturated rings. The van der Waals surface area contributed by atoms with E-state index in [0.717, 1.165) is 18.7 Å². The number of hydrogen-bond acceptors (Lipinski definition) is 4. The molecule has 0 aromatic carbocycles. The topological polar surface area (TPSA) is 46.3 Å². The van der Waals surface area contributed by atoms with Crippen LogP contribution in [0.5, 0.6) is 0 Å². The molecule has 0 radical (unpaired) electrons. The molecule has 0 bridgehead atoms. The van der Waals surface area contributed by atoms with Gasteiger partial charge in [0, 0.05) is 19.9 Å². The first-order valence-corrected chi connectivity index (χ1v) is 4.19. The Morgan fingerprint density at radius 3 is 2.77 bits per heavy atom. The normalized spacial score (nSPS) is 10.8. The van der Waals surface area contributed by atoms with E-state index in [1.165, 1.54) is 0 Å². The van der Waals surface area contributed by atoms with Crippen LogP contribution >= 0.6 is 0 Å². The number of likely N-dealkylation sites (N-methyl/N-ethyl adjacent to an activating group) is 1. The zero-order chi connectivity index (χ0) is 9.84. The molecule has 13 heavy (non-hydrogen) atoms. The fraction of sp³-hybridized carbons (Fsp3) is 0.556. The predicted molar refractivity (Wildman–Crippen MR) is 48.9 cm³/mol. The van der Waals surface area contributed by atoms with Crippen LogP contribution in [0.15, 0.2) is 4.42 Å². The van der Waals surface area contributed by atoms with Crippen LogP contribution in [0.3, 0.4) is 0 Å². The number of hydrogen-bond donors (Lipinski definition) is 0. The van der Waals surface area contributed by atoms with Crippen LogP contribution in [0.1, 0.15) is 22.1 Å². The molecule has 4 nitrogen and oxygen atoms in total. The smallest absolute Gasteiger partial charge is 0.192 e. The molecule has 0 amide bonds. The Morgan fingerprint density at radius 2 is 2.23 bits per heavy atom. The molecular formula is C9H14N2O2. The Bertz CT molecular complexity index is 292. The van der Waals surface area contributed by atoms with Gasteiger partial charge in [-0.3, -0.25) is 4.79 Å². The number of carbonyl (C=O) groups is 1. The third-order valence-corrected chi connectivity index (χ3v) is 1.74. The maximum Gasteiger partial charge on any atom is 0.192 e. The zero-order valence-electron chi connectivity index (χ0n) is 8.20. The van der Waals surface area contributed by atoms with Gasteiger partial charge in [0.25, 0.3) is 0 Å². The molecule has 0 aliphatic heterocycles. The van der Waals surface area contributed by atoms with Gasteiger partial charge in [-0.15, -0.1) is 0 Å². The van der Waals surface area contributed by atoms with E-state index in [4.69, 9.17) is 4.42 Å². The molecule has 72 valence electrons. The summed E-state index contributed by atoms with van der Waals surface area (Å²) in [5.41, 5.74) is 0.751. The van der Waals surface area contributed by atoms with Gasteiger partial charge in [-0.25, -0.2) is 4.98 Å². The molecule has 0 aliphatic rings. The molecule has 4 heteroatoms. The number of aromatic nitrogens is 1. The summed E-state index contributed by atoms with van der Waals surface area (Å²) in [4.78, 5) is 16.7. The number of rotatable bonds is 4. The van der Waals surface area contributed by atoms with Crippen molar-refractivity contribution in [3.8, 4) is 0 Å². The fourth-order valence-electron chi connectivity index (χ4n) is 1.09. The Balaban J connectivity index is 2.69. The van der Waals surface area contributed by atoms with E-state index in [1.807, 2.05) is 19.0 Å². The second-order valence-electron chi connectivity index (χ2n) is 3.21. The largest absolute Gasteiger partial charge is 0.438 e. The van der Waals surface area contributed by atoms with E-state index in [1.54, 1.807) is 6.92 Å². The Hall–Kier alpha value is -1.16. The predicted octanol–water partition coefficient (Wildman–Crippen LogP) is 0.900. The van der Waals surface area contributed by atoms with E-state index in [-0.39, 0.29) is 0 Å². The molecule has 0 atom stereocenters. The lowest BCUT2D eigenvalue weighted by molar-refractivity contribution is 0.109. The van der Waals surface area contributed by atoms with E-state index in [9.17, 15) is 4.79 Å². The summed E-state index contributed by atoms with van der Waals surface area (Å²) in [6.45, 7) is 2.61. The second-order valence-corrected chi connectivity index (χ2v) is 3.21. The van der Waals surface area contributed by atoms with Crippen LogP contribution in [0.25, 0.3) is 0 Å². The van der Waals surface area contributed by atoms with Gasteiger partial charge in [0.15, 0.2) is 17.9 Å². The summed E-state index contributed by atoms with van der Waals surface area (Å²) >= 11 is 0. The summed E-state index contributed by atoms with van der Waals surface area (Å²) in [6.07, 6.45) is 1.46. The summed E-state index contributed by atoms with van der Waals surface area (Å²) in [6, 6.07) is 0. The third kappa shape index (κ3) is 2.66. The highest BCUT2D eigenvalue weighted by Gasteiger charge is 2.09. The van der Waals surface area contributed by atoms with Crippen molar-refractivity contribution in [3.05, 3.63) is 17.3 Å². The van der Waals surface area contributed by atoms with Gasteiger partial charge in [-0.1, -0.05) is 0 Å². The summed E-state index contributed by atoms with van der Waals surface area (Å²) in [5, 5.41) is 0. The Morgan fingerprint density at radius 1 is 1.54 bits per heavy atom. The average Bonchev–Trinajstić information content (AvgIpc) is 2.42. The molecule has 1 rings (SSSR count). The summed E-state index contributed by atoms with van der Waals surface area (Å²) in [5.74, 6) is 0.912. The van der Waals surface area contributed by atoms with Crippen molar-refractivity contribution in [2.75, 3.05) is 20.6 Å². The van der Waals surface area contributed by atoms with Crippen molar-refractivity contribution in [3.63, 3.8) is 0 Å². The van der Waals surface area contributed by atoms with Crippen molar-refractivity contribution in [1.82, 2.24) is 9.88 Å².